The second-order valence-corrected chi connectivity index (χ2v) is 6.48. The van der Waals surface area contributed by atoms with Gasteiger partial charge < -0.3 is 14.4 Å². The van der Waals surface area contributed by atoms with Crippen molar-refractivity contribution in [1.82, 2.24) is 4.90 Å². The summed E-state index contributed by atoms with van der Waals surface area (Å²) >= 11 is 0. The quantitative estimate of drug-likeness (QED) is 0.805. The molecule has 5 nitrogen and oxygen atoms in total. The van der Waals surface area contributed by atoms with Gasteiger partial charge in [-0.2, -0.15) is 0 Å². The maximum absolute atomic E-state index is 12.6. The van der Waals surface area contributed by atoms with Crippen molar-refractivity contribution in [3.8, 4) is 5.75 Å². The highest BCUT2D eigenvalue weighted by molar-refractivity contribution is 6.00. The molecule has 0 spiro atoms. The number of ether oxygens (including phenoxy) is 2. The van der Waals surface area contributed by atoms with Crippen LogP contribution in [0.3, 0.4) is 0 Å². The van der Waals surface area contributed by atoms with E-state index in [9.17, 15) is 9.59 Å². The molecule has 0 bridgehead atoms. The number of benzene rings is 1. The molecule has 0 N–H and O–H groups in total. The fourth-order valence-corrected chi connectivity index (χ4v) is 2.53. The zero-order valence-electron chi connectivity index (χ0n) is 13.6. The van der Waals surface area contributed by atoms with Crippen LogP contribution >= 0.6 is 0 Å². The number of likely N-dealkylation sites (tertiary alicyclic amines) is 1. The van der Waals surface area contributed by atoms with E-state index in [2.05, 4.69) is 0 Å². The zero-order chi connectivity index (χ0) is 16.3. The molecular weight excluding hydrogens is 282 g/mol. The molecule has 0 aliphatic carbocycles. The number of rotatable bonds is 3. The van der Waals surface area contributed by atoms with Gasteiger partial charge in [-0.15, -0.1) is 0 Å². The van der Waals surface area contributed by atoms with Crippen molar-refractivity contribution in [2.24, 2.45) is 5.92 Å². The number of carbonyl (C=O) groups is 2. The maximum Gasteiger partial charge on any atom is 0.410 e. The molecule has 1 heterocycles. The van der Waals surface area contributed by atoms with Crippen LogP contribution in [0.15, 0.2) is 24.3 Å². The number of ketones is 1. The van der Waals surface area contributed by atoms with Crippen molar-refractivity contribution in [1.29, 1.82) is 0 Å². The predicted molar refractivity (Wildman–Crippen MR) is 83.2 cm³/mol. The smallest absolute Gasteiger partial charge is 0.410 e. The van der Waals surface area contributed by atoms with Crippen LogP contribution in [0.1, 0.15) is 37.6 Å². The number of carbonyl (C=O) groups excluding carboxylic acids is 2. The monoisotopic (exact) mass is 305 g/mol. The summed E-state index contributed by atoms with van der Waals surface area (Å²) in [5.41, 5.74) is 0.0444. The first-order valence-corrected chi connectivity index (χ1v) is 7.47. The Kier molecular flexibility index (Phi) is 4.74. The molecule has 1 aliphatic heterocycles. The summed E-state index contributed by atoms with van der Waals surface area (Å²) in [5, 5.41) is 0. The van der Waals surface area contributed by atoms with E-state index in [4.69, 9.17) is 9.47 Å². The fourth-order valence-electron chi connectivity index (χ4n) is 2.53. The summed E-state index contributed by atoms with van der Waals surface area (Å²) in [6, 6.07) is 7.18. The molecule has 1 amide bonds. The van der Waals surface area contributed by atoms with Gasteiger partial charge in [0.1, 0.15) is 11.4 Å². The van der Waals surface area contributed by atoms with E-state index in [-0.39, 0.29) is 17.8 Å². The molecule has 22 heavy (non-hydrogen) atoms. The molecule has 1 aromatic carbocycles. The lowest BCUT2D eigenvalue weighted by molar-refractivity contribution is 0.0289. The minimum absolute atomic E-state index is 0.0171. The first-order valence-electron chi connectivity index (χ1n) is 7.47. The molecule has 0 saturated carbocycles. The lowest BCUT2D eigenvalue weighted by atomic mass is 9.96. The number of methoxy groups -OCH3 is 1. The van der Waals surface area contributed by atoms with Crippen molar-refractivity contribution in [3.63, 3.8) is 0 Å². The van der Waals surface area contributed by atoms with Gasteiger partial charge in [0.15, 0.2) is 5.78 Å². The second kappa shape index (κ2) is 6.38. The van der Waals surface area contributed by atoms with Crippen LogP contribution in [-0.2, 0) is 4.74 Å². The van der Waals surface area contributed by atoms with Gasteiger partial charge in [0.05, 0.1) is 12.7 Å². The Morgan fingerprint density at radius 2 is 1.91 bits per heavy atom. The number of hydrogen-bond donors (Lipinski definition) is 0. The van der Waals surface area contributed by atoms with Crippen molar-refractivity contribution in [2.75, 3.05) is 20.2 Å². The SMILES string of the molecule is COc1ccccc1C(=O)C1CCN(C(=O)OC(C)(C)C)C1. The molecule has 1 atom stereocenters. The first-order chi connectivity index (χ1) is 10.3. The lowest BCUT2D eigenvalue weighted by Crippen LogP contribution is -2.35. The van der Waals surface area contributed by atoms with Crippen LogP contribution in [0.5, 0.6) is 5.75 Å². The summed E-state index contributed by atoms with van der Waals surface area (Å²) in [7, 11) is 1.55. The average molecular weight is 305 g/mol. The molecule has 120 valence electrons. The van der Waals surface area contributed by atoms with Gasteiger partial charge in [0, 0.05) is 19.0 Å². The molecule has 5 heteroatoms. The second-order valence-electron chi connectivity index (χ2n) is 6.48. The standard InChI is InChI=1S/C17H23NO4/c1-17(2,3)22-16(20)18-10-9-12(11-18)15(19)13-7-5-6-8-14(13)21-4/h5-8,12H,9-11H2,1-4H3. The normalized spacial score (nSPS) is 18.2. The van der Waals surface area contributed by atoms with E-state index in [1.807, 2.05) is 32.9 Å². The lowest BCUT2D eigenvalue weighted by Gasteiger charge is -2.24. The van der Waals surface area contributed by atoms with Gasteiger partial charge in [-0.1, -0.05) is 12.1 Å². The third-order valence-electron chi connectivity index (χ3n) is 3.58. The zero-order valence-corrected chi connectivity index (χ0v) is 13.6. The highest BCUT2D eigenvalue weighted by atomic mass is 16.6. The van der Waals surface area contributed by atoms with E-state index in [1.165, 1.54) is 0 Å². The van der Waals surface area contributed by atoms with Crippen molar-refractivity contribution in [3.05, 3.63) is 29.8 Å². The summed E-state index contributed by atoms with van der Waals surface area (Å²) < 4.78 is 10.6. The molecule has 1 unspecified atom stereocenters. The molecule has 1 aromatic rings. The summed E-state index contributed by atoms with van der Waals surface area (Å²) in [6.45, 7) is 6.43. The highest BCUT2D eigenvalue weighted by Crippen LogP contribution is 2.27. The Labute approximate surface area is 131 Å². The minimum Gasteiger partial charge on any atom is -0.496 e. The molecule has 0 aromatic heterocycles. The topological polar surface area (TPSA) is 55.8 Å². The first kappa shape index (κ1) is 16.3. The Hall–Kier alpha value is -2.04. The number of Topliss-reactive ketones (excluding diaryl/α,β-unsaturated/α-hetero) is 1. The van der Waals surface area contributed by atoms with Crippen molar-refractivity contribution < 1.29 is 19.1 Å². The molecular formula is C17H23NO4. The van der Waals surface area contributed by atoms with E-state index in [1.54, 1.807) is 24.1 Å². The number of amides is 1. The molecule has 1 saturated heterocycles. The third kappa shape index (κ3) is 3.78. The molecule has 0 radical (unpaired) electrons. The molecule has 1 fully saturated rings. The Morgan fingerprint density at radius 3 is 2.55 bits per heavy atom. The van der Waals surface area contributed by atoms with E-state index in [0.29, 0.717) is 30.8 Å². The largest absolute Gasteiger partial charge is 0.496 e. The van der Waals surface area contributed by atoms with Gasteiger partial charge in [-0.25, -0.2) is 4.79 Å². The van der Waals surface area contributed by atoms with Crippen LogP contribution in [0.4, 0.5) is 4.79 Å². The van der Waals surface area contributed by atoms with Crippen molar-refractivity contribution >= 4 is 11.9 Å². The van der Waals surface area contributed by atoms with E-state index < -0.39 is 5.60 Å². The number of nitrogens with zero attached hydrogens (tertiary/aromatic N) is 1. The van der Waals surface area contributed by atoms with Gasteiger partial charge in [-0.05, 0) is 39.3 Å². The Balaban J connectivity index is 2.04. The van der Waals surface area contributed by atoms with E-state index >= 15 is 0 Å². The van der Waals surface area contributed by atoms with Crippen LogP contribution in [0.25, 0.3) is 0 Å². The summed E-state index contributed by atoms with van der Waals surface area (Å²) in [4.78, 5) is 26.3. The molecule has 1 aliphatic rings. The van der Waals surface area contributed by atoms with Gasteiger partial charge in [-0.3, -0.25) is 4.79 Å². The van der Waals surface area contributed by atoms with E-state index in [0.717, 1.165) is 0 Å². The fraction of sp³-hybridized carbons (Fsp3) is 0.529. The van der Waals surface area contributed by atoms with Crippen LogP contribution in [-0.4, -0.2) is 42.6 Å². The maximum atomic E-state index is 12.6. The minimum atomic E-state index is -0.526. The molecule has 2 rings (SSSR count). The van der Waals surface area contributed by atoms with Gasteiger partial charge in [0.25, 0.3) is 0 Å². The predicted octanol–water partition coefficient (Wildman–Crippen LogP) is 3.13. The Bertz CT molecular complexity index is 562. The van der Waals surface area contributed by atoms with Crippen LogP contribution < -0.4 is 4.74 Å². The number of para-hydroxylation sites is 1. The van der Waals surface area contributed by atoms with Crippen LogP contribution in [0.2, 0.25) is 0 Å². The summed E-state index contributed by atoms with van der Waals surface area (Å²) in [5.74, 6) is 0.385. The summed E-state index contributed by atoms with van der Waals surface area (Å²) in [6.07, 6.45) is 0.290. The Morgan fingerprint density at radius 1 is 1.23 bits per heavy atom. The highest BCUT2D eigenvalue weighted by Gasteiger charge is 2.34. The average Bonchev–Trinajstić information content (AvgIpc) is 2.94. The third-order valence-corrected chi connectivity index (χ3v) is 3.58. The van der Waals surface area contributed by atoms with Crippen molar-refractivity contribution in [2.45, 2.75) is 32.8 Å². The van der Waals surface area contributed by atoms with Gasteiger partial charge >= 0.3 is 6.09 Å². The van der Waals surface area contributed by atoms with Gasteiger partial charge in [0.2, 0.25) is 0 Å². The number of hydrogen-bond acceptors (Lipinski definition) is 4. The van der Waals surface area contributed by atoms with Crippen LogP contribution in [0, 0.1) is 5.92 Å².